The van der Waals surface area contributed by atoms with E-state index in [9.17, 15) is 20.4 Å². The molecule has 0 unspecified atom stereocenters. The highest BCUT2D eigenvalue weighted by Gasteiger charge is 2.06. The minimum Gasteiger partial charge on any atom is -0.507 e. The van der Waals surface area contributed by atoms with Crippen LogP contribution in [0.2, 0.25) is 0 Å². The number of hydrogen-bond acceptors (Lipinski definition) is 6. The zero-order valence-corrected chi connectivity index (χ0v) is 22.8. The highest BCUT2D eigenvalue weighted by Crippen LogP contribution is 2.34. The van der Waals surface area contributed by atoms with E-state index >= 15 is 0 Å². The molecule has 0 spiro atoms. The molecule has 2 heterocycles. The highest BCUT2D eigenvalue weighted by atomic mass is 27.0. The Hall–Kier alpha value is -4.57. The fourth-order valence-corrected chi connectivity index (χ4v) is 3.86. The number of phenols is 4. The molecule has 0 amide bonds. The van der Waals surface area contributed by atoms with Gasteiger partial charge in [0.25, 0.3) is 0 Å². The lowest BCUT2D eigenvalue weighted by Gasteiger charge is -2.05. The minimum atomic E-state index is 0. The van der Waals surface area contributed by atoms with E-state index in [2.05, 4.69) is 9.97 Å². The highest BCUT2D eigenvalue weighted by molar-refractivity contribution is 5.84. The summed E-state index contributed by atoms with van der Waals surface area (Å²) in [5.74, 6) is 0.843. The van der Waals surface area contributed by atoms with Crippen LogP contribution in [0.1, 0.15) is 11.4 Å². The van der Waals surface area contributed by atoms with Crippen LogP contribution in [0, 0.1) is 13.8 Å². The largest absolute Gasteiger partial charge is 0.507 e. The van der Waals surface area contributed by atoms with Gasteiger partial charge in [-0.05, 0) is 50.2 Å². The molecule has 0 aliphatic carbocycles. The van der Waals surface area contributed by atoms with Crippen molar-refractivity contribution in [2.45, 2.75) is 13.8 Å². The second kappa shape index (κ2) is 13.3. The molecule has 4 N–H and O–H groups in total. The molecule has 6 rings (SSSR count). The number of para-hydroxylation sites is 4. The first-order valence-corrected chi connectivity index (χ1v) is 12.0. The molecule has 3 radical (unpaired) electrons. The van der Waals surface area contributed by atoms with Gasteiger partial charge in [-0.25, -0.2) is 9.97 Å². The molecule has 6 nitrogen and oxygen atoms in total. The summed E-state index contributed by atoms with van der Waals surface area (Å²) in [5.41, 5.74) is 4.49. The summed E-state index contributed by atoms with van der Waals surface area (Å²) < 4.78 is 0. The van der Waals surface area contributed by atoms with E-state index in [1.54, 1.807) is 48.5 Å². The van der Waals surface area contributed by atoms with Crippen molar-refractivity contribution >= 4 is 39.2 Å². The van der Waals surface area contributed by atoms with Crippen molar-refractivity contribution in [3.63, 3.8) is 0 Å². The number of nitrogens with zero attached hydrogens (tertiary/aromatic N) is 2. The molecular weight excluding hydrogens is 503 g/mol. The molecule has 0 saturated carbocycles. The Bertz CT molecular complexity index is 1580. The maximum atomic E-state index is 9.58. The first-order chi connectivity index (χ1) is 18.3. The summed E-state index contributed by atoms with van der Waals surface area (Å²) in [5, 5.41) is 40.0. The summed E-state index contributed by atoms with van der Waals surface area (Å²) in [6.07, 6.45) is 0. The summed E-state index contributed by atoms with van der Waals surface area (Å²) in [7, 11) is 0. The third-order valence-corrected chi connectivity index (χ3v) is 5.77. The summed E-state index contributed by atoms with van der Waals surface area (Å²) >= 11 is 0. The van der Waals surface area contributed by atoms with Crippen LogP contribution in [0.3, 0.4) is 0 Å². The molecule has 0 aliphatic rings. The van der Waals surface area contributed by atoms with Crippen molar-refractivity contribution in [2.24, 2.45) is 0 Å². The van der Waals surface area contributed by atoms with Crippen molar-refractivity contribution in [2.75, 3.05) is 0 Å². The van der Waals surface area contributed by atoms with Crippen molar-refractivity contribution in [1.29, 1.82) is 0 Å². The van der Waals surface area contributed by atoms with Gasteiger partial charge in [0.2, 0.25) is 0 Å². The number of phenolic OH excluding ortho intramolecular Hbond substituents is 4. The Morgan fingerprint density at radius 2 is 0.769 bits per heavy atom. The van der Waals surface area contributed by atoms with Gasteiger partial charge >= 0.3 is 0 Å². The molecule has 4 aromatic carbocycles. The average Bonchev–Trinajstić information content (AvgIpc) is 2.91. The van der Waals surface area contributed by atoms with Crippen molar-refractivity contribution < 1.29 is 20.4 Å². The van der Waals surface area contributed by atoms with Crippen molar-refractivity contribution in [3.05, 3.63) is 121 Å². The molecule has 0 atom stereocenters. The number of hydrogen-bond donors (Lipinski definition) is 4. The van der Waals surface area contributed by atoms with Gasteiger partial charge in [0.05, 0.1) is 0 Å². The van der Waals surface area contributed by atoms with Gasteiger partial charge in [-0.15, -0.1) is 0 Å². The van der Waals surface area contributed by atoms with Crippen molar-refractivity contribution in [1.82, 2.24) is 9.97 Å². The summed E-state index contributed by atoms with van der Waals surface area (Å²) in [4.78, 5) is 8.45. The van der Waals surface area contributed by atoms with Crippen LogP contribution < -0.4 is 0 Å². The van der Waals surface area contributed by atoms with Gasteiger partial charge in [-0.2, -0.15) is 0 Å². The number of aryl methyl sites for hydroxylation is 2. The normalized spacial score (nSPS) is 10.0. The molecule has 0 fully saturated rings. The SMILES string of the molecule is Cc1ccc2cccc(O)c2n1.Cc1ccc2cccc(O)c2n1.Oc1ccccc1-c1ccccc1O.[Al]. The zero-order valence-electron chi connectivity index (χ0n) is 21.7. The van der Waals surface area contributed by atoms with Crippen LogP contribution in [0.4, 0.5) is 0 Å². The first-order valence-electron chi connectivity index (χ1n) is 12.0. The van der Waals surface area contributed by atoms with Gasteiger partial charge in [0.1, 0.15) is 34.0 Å². The van der Waals surface area contributed by atoms with Crippen LogP contribution in [0.25, 0.3) is 32.9 Å². The lowest BCUT2D eigenvalue weighted by molar-refractivity contribution is 0.469. The minimum absolute atomic E-state index is 0. The fraction of sp³-hybridized carbons (Fsp3) is 0.0625. The quantitative estimate of drug-likeness (QED) is 0.172. The Balaban J connectivity index is 0.000000160. The molecule has 39 heavy (non-hydrogen) atoms. The number of aromatic hydroxyl groups is 4. The summed E-state index contributed by atoms with van der Waals surface area (Å²) in [6.45, 7) is 3.82. The van der Waals surface area contributed by atoms with Gasteiger partial charge in [0.15, 0.2) is 0 Å². The lowest BCUT2D eigenvalue weighted by Crippen LogP contribution is -1.82. The molecule has 0 aliphatic heterocycles. The van der Waals surface area contributed by atoms with Crippen molar-refractivity contribution in [3.8, 4) is 34.1 Å². The number of fused-ring (bicyclic) bond motifs is 2. The van der Waals surface area contributed by atoms with Gasteiger partial charge in [-0.1, -0.05) is 72.8 Å². The number of rotatable bonds is 1. The topological polar surface area (TPSA) is 107 Å². The molecule has 2 aromatic heterocycles. The predicted molar refractivity (Wildman–Crippen MR) is 157 cm³/mol. The molecule has 193 valence electrons. The third-order valence-electron chi connectivity index (χ3n) is 5.77. The Morgan fingerprint density at radius 1 is 0.410 bits per heavy atom. The van der Waals surface area contributed by atoms with Gasteiger partial charge in [0, 0.05) is 50.6 Å². The Labute approximate surface area is 237 Å². The predicted octanol–water partition coefficient (Wildman–Crippen LogP) is 6.88. The molecular formula is C32H28AlN2O4. The maximum absolute atomic E-state index is 9.58. The Morgan fingerprint density at radius 3 is 1.15 bits per heavy atom. The average molecular weight is 532 g/mol. The molecule has 7 heteroatoms. The van der Waals surface area contributed by atoms with Crippen LogP contribution >= 0.6 is 0 Å². The van der Waals surface area contributed by atoms with Crippen LogP contribution in [0.15, 0.2) is 109 Å². The fourth-order valence-electron chi connectivity index (χ4n) is 3.86. The third kappa shape index (κ3) is 7.26. The molecule has 0 saturated heterocycles. The number of pyridine rings is 2. The van der Waals surface area contributed by atoms with Crippen LogP contribution in [-0.4, -0.2) is 47.8 Å². The first kappa shape index (κ1) is 29.0. The maximum Gasteiger partial charge on any atom is 0.141 e. The summed E-state index contributed by atoms with van der Waals surface area (Å²) in [6, 6.07) is 32.4. The van der Waals surface area contributed by atoms with E-state index in [0.29, 0.717) is 22.2 Å². The monoisotopic (exact) mass is 531 g/mol. The van der Waals surface area contributed by atoms with E-state index in [4.69, 9.17) is 0 Å². The zero-order chi connectivity index (χ0) is 27.1. The second-order valence-electron chi connectivity index (χ2n) is 8.64. The van der Waals surface area contributed by atoms with E-state index in [1.807, 2.05) is 74.5 Å². The van der Waals surface area contributed by atoms with E-state index in [1.165, 1.54) is 0 Å². The standard InChI is InChI=1S/C12H10O2.2C10H9NO.Al/c13-11-7-3-1-5-9(11)10-6-2-4-8-12(10)14;2*1-7-5-6-8-3-2-4-9(12)10(8)11-7;/h1-8,13-14H;2*2-6,12H,1H3;. The Kier molecular flexibility index (Phi) is 9.88. The van der Waals surface area contributed by atoms with E-state index < -0.39 is 0 Å². The molecule has 0 bridgehead atoms. The van der Waals surface area contributed by atoms with E-state index in [-0.39, 0.29) is 40.4 Å². The molecule has 6 aromatic rings. The van der Waals surface area contributed by atoms with E-state index in [0.717, 1.165) is 22.2 Å². The second-order valence-corrected chi connectivity index (χ2v) is 8.64. The van der Waals surface area contributed by atoms with Crippen LogP contribution in [-0.2, 0) is 0 Å². The number of aromatic nitrogens is 2. The number of benzene rings is 4. The van der Waals surface area contributed by atoms with Gasteiger partial charge < -0.3 is 20.4 Å². The van der Waals surface area contributed by atoms with Gasteiger partial charge in [-0.3, -0.25) is 0 Å². The van der Waals surface area contributed by atoms with Crippen LogP contribution in [0.5, 0.6) is 23.0 Å². The lowest BCUT2D eigenvalue weighted by atomic mass is 10.0. The smallest absolute Gasteiger partial charge is 0.141 e.